The molecule has 0 radical (unpaired) electrons. The number of nitrogens with zero attached hydrogens (tertiary/aromatic N) is 4. The Morgan fingerprint density at radius 1 is 1.40 bits per heavy atom. The molecule has 2 aromatic rings. The van der Waals surface area contributed by atoms with E-state index in [4.69, 9.17) is 10.3 Å². The summed E-state index contributed by atoms with van der Waals surface area (Å²) in [4.78, 5) is 12.0. The molecule has 0 atom stereocenters. The predicted octanol–water partition coefficient (Wildman–Crippen LogP) is 0.418. The quantitative estimate of drug-likeness (QED) is 0.777. The lowest BCUT2D eigenvalue weighted by molar-refractivity contribution is 0.376. The second-order valence-electron chi connectivity index (χ2n) is 3.00. The second-order valence-corrected chi connectivity index (χ2v) is 3.00. The van der Waals surface area contributed by atoms with Crippen LogP contribution in [0.5, 0.6) is 0 Å². The summed E-state index contributed by atoms with van der Waals surface area (Å²) in [6.45, 7) is 0.616. The van der Waals surface area contributed by atoms with E-state index in [9.17, 15) is 0 Å². The summed E-state index contributed by atoms with van der Waals surface area (Å²) < 4.78 is 5.04. The Kier molecular flexibility index (Phi) is 2.99. The van der Waals surface area contributed by atoms with E-state index in [2.05, 4.69) is 20.1 Å². The highest BCUT2D eigenvalue weighted by Gasteiger charge is 2.08. The Balaban J connectivity index is 2.14. The molecule has 2 N–H and O–H groups in total. The first-order chi connectivity index (χ1) is 7.40. The van der Waals surface area contributed by atoms with Gasteiger partial charge in [-0.3, -0.25) is 0 Å². The molecule has 2 rings (SSSR count). The molecule has 0 unspecified atom stereocenters. The van der Waals surface area contributed by atoms with Crippen LogP contribution in [0.25, 0.3) is 11.5 Å². The molecule has 0 aliphatic carbocycles. The van der Waals surface area contributed by atoms with Gasteiger partial charge in [-0.1, -0.05) is 5.16 Å². The molecule has 0 spiro atoms. The Morgan fingerprint density at radius 3 is 3.07 bits per heavy atom. The fourth-order valence-electron chi connectivity index (χ4n) is 1.14. The summed E-state index contributed by atoms with van der Waals surface area (Å²) in [6, 6.07) is 1.73. The maximum absolute atomic E-state index is 5.38. The molecule has 2 heterocycles. The third-order valence-electron chi connectivity index (χ3n) is 1.87. The molecular formula is C9H11N5O. The lowest BCUT2D eigenvalue weighted by atomic mass is 10.3. The van der Waals surface area contributed by atoms with Gasteiger partial charge in [-0.25, -0.2) is 9.97 Å². The van der Waals surface area contributed by atoms with Crippen LogP contribution in [-0.4, -0.2) is 26.7 Å². The van der Waals surface area contributed by atoms with Crippen LogP contribution in [0, 0.1) is 0 Å². The summed E-state index contributed by atoms with van der Waals surface area (Å²) in [6.07, 6.45) is 4.63. The largest absolute Gasteiger partial charge is 0.339 e. The Bertz CT molecular complexity index is 413. The van der Waals surface area contributed by atoms with E-state index in [1.807, 2.05) is 0 Å². The van der Waals surface area contributed by atoms with Gasteiger partial charge in [-0.05, 0) is 19.0 Å². The molecule has 0 amide bonds. The van der Waals surface area contributed by atoms with Crippen LogP contribution in [0.3, 0.4) is 0 Å². The maximum atomic E-state index is 5.38. The van der Waals surface area contributed by atoms with E-state index in [0.717, 1.165) is 6.42 Å². The SMILES string of the molecule is NCCCc1nc(-c2ccncn2)no1. The molecule has 0 aromatic carbocycles. The van der Waals surface area contributed by atoms with Gasteiger partial charge in [0.25, 0.3) is 0 Å². The minimum Gasteiger partial charge on any atom is -0.339 e. The van der Waals surface area contributed by atoms with Crippen molar-refractivity contribution in [1.82, 2.24) is 20.1 Å². The number of aromatic nitrogens is 4. The van der Waals surface area contributed by atoms with Gasteiger partial charge in [0.15, 0.2) is 0 Å². The first-order valence-corrected chi connectivity index (χ1v) is 4.69. The molecule has 2 aromatic heterocycles. The zero-order valence-electron chi connectivity index (χ0n) is 8.13. The highest BCUT2D eigenvalue weighted by Crippen LogP contribution is 2.11. The highest BCUT2D eigenvalue weighted by atomic mass is 16.5. The summed E-state index contributed by atoms with van der Waals surface area (Å²) >= 11 is 0. The van der Waals surface area contributed by atoms with Crippen LogP contribution in [0.2, 0.25) is 0 Å². The molecule has 0 aliphatic rings. The van der Waals surface area contributed by atoms with Crippen molar-refractivity contribution in [3.8, 4) is 11.5 Å². The van der Waals surface area contributed by atoms with E-state index in [1.165, 1.54) is 6.33 Å². The van der Waals surface area contributed by atoms with E-state index in [0.29, 0.717) is 30.4 Å². The fourth-order valence-corrected chi connectivity index (χ4v) is 1.14. The van der Waals surface area contributed by atoms with Crippen LogP contribution in [0.15, 0.2) is 23.1 Å². The van der Waals surface area contributed by atoms with Crippen LogP contribution in [0.1, 0.15) is 12.3 Å². The minimum atomic E-state index is 0.490. The third-order valence-corrected chi connectivity index (χ3v) is 1.87. The number of rotatable bonds is 4. The van der Waals surface area contributed by atoms with Crippen molar-refractivity contribution in [3.63, 3.8) is 0 Å². The molecule has 0 saturated carbocycles. The monoisotopic (exact) mass is 205 g/mol. The first kappa shape index (κ1) is 9.72. The summed E-state index contributed by atoms with van der Waals surface area (Å²) in [7, 11) is 0. The van der Waals surface area contributed by atoms with E-state index >= 15 is 0 Å². The van der Waals surface area contributed by atoms with Gasteiger partial charge in [-0.15, -0.1) is 0 Å². The van der Waals surface area contributed by atoms with Gasteiger partial charge in [0.2, 0.25) is 11.7 Å². The lowest BCUT2D eigenvalue weighted by Crippen LogP contribution is -2.00. The van der Waals surface area contributed by atoms with Crippen molar-refractivity contribution >= 4 is 0 Å². The molecule has 0 bridgehead atoms. The van der Waals surface area contributed by atoms with Gasteiger partial charge in [-0.2, -0.15) is 4.98 Å². The molecule has 78 valence electrons. The average molecular weight is 205 g/mol. The van der Waals surface area contributed by atoms with Crippen molar-refractivity contribution in [2.45, 2.75) is 12.8 Å². The topological polar surface area (TPSA) is 90.7 Å². The lowest BCUT2D eigenvalue weighted by Gasteiger charge is -1.89. The van der Waals surface area contributed by atoms with Gasteiger partial charge >= 0.3 is 0 Å². The molecule has 0 saturated heterocycles. The summed E-state index contributed by atoms with van der Waals surface area (Å²) in [5.41, 5.74) is 6.04. The highest BCUT2D eigenvalue weighted by molar-refractivity contribution is 5.46. The molecule has 6 nitrogen and oxygen atoms in total. The van der Waals surface area contributed by atoms with Crippen molar-refractivity contribution in [2.24, 2.45) is 5.73 Å². The smallest absolute Gasteiger partial charge is 0.227 e. The molecule has 6 heteroatoms. The number of hydrogen-bond acceptors (Lipinski definition) is 6. The minimum absolute atomic E-state index is 0.490. The number of aryl methyl sites for hydroxylation is 1. The predicted molar refractivity (Wildman–Crippen MR) is 52.7 cm³/mol. The Hall–Kier alpha value is -1.82. The van der Waals surface area contributed by atoms with E-state index in [1.54, 1.807) is 12.3 Å². The van der Waals surface area contributed by atoms with Crippen LogP contribution in [0.4, 0.5) is 0 Å². The molecule has 0 aliphatic heterocycles. The maximum Gasteiger partial charge on any atom is 0.227 e. The van der Waals surface area contributed by atoms with Crippen molar-refractivity contribution in [3.05, 3.63) is 24.5 Å². The normalized spacial score (nSPS) is 10.5. The van der Waals surface area contributed by atoms with Crippen molar-refractivity contribution in [2.75, 3.05) is 6.54 Å². The Labute approximate surface area is 86.5 Å². The van der Waals surface area contributed by atoms with Crippen LogP contribution < -0.4 is 5.73 Å². The van der Waals surface area contributed by atoms with E-state index < -0.39 is 0 Å². The van der Waals surface area contributed by atoms with Gasteiger partial charge < -0.3 is 10.3 Å². The van der Waals surface area contributed by atoms with Gasteiger partial charge in [0.1, 0.15) is 12.0 Å². The van der Waals surface area contributed by atoms with Gasteiger partial charge in [0.05, 0.1) is 0 Å². The van der Waals surface area contributed by atoms with Gasteiger partial charge in [0, 0.05) is 12.6 Å². The second kappa shape index (κ2) is 4.61. The number of hydrogen-bond donors (Lipinski definition) is 1. The standard InChI is InChI=1S/C9H11N5O/c10-4-1-2-8-13-9(14-15-8)7-3-5-11-6-12-7/h3,5-6H,1-2,4,10H2. The van der Waals surface area contributed by atoms with Crippen molar-refractivity contribution in [1.29, 1.82) is 0 Å². The summed E-state index contributed by atoms with van der Waals surface area (Å²) in [5, 5.41) is 3.82. The molecule has 15 heavy (non-hydrogen) atoms. The van der Waals surface area contributed by atoms with Crippen LogP contribution in [-0.2, 0) is 6.42 Å². The summed E-state index contributed by atoms with van der Waals surface area (Å²) in [5.74, 6) is 1.08. The van der Waals surface area contributed by atoms with Crippen molar-refractivity contribution < 1.29 is 4.52 Å². The molecular weight excluding hydrogens is 194 g/mol. The molecule has 0 fully saturated rings. The zero-order chi connectivity index (χ0) is 10.5. The van der Waals surface area contributed by atoms with Crippen LogP contribution >= 0.6 is 0 Å². The number of nitrogens with two attached hydrogens (primary N) is 1. The Morgan fingerprint density at radius 2 is 2.33 bits per heavy atom. The third kappa shape index (κ3) is 2.35. The first-order valence-electron chi connectivity index (χ1n) is 4.69. The zero-order valence-corrected chi connectivity index (χ0v) is 8.13. The fraction of sp³-hybridized carbons (Fsp3) is 0.333. The average Bonchev–Trinajstić information content (AvgIpc) is 2.76. The van der Waals surface area contributed by atoms with E-state index in [-0.39, 0.29) is 0 Å².